The Morgan fingerprint density at radius 1 is 1.09 bits per heavy atom. The predicted molar refractivity (Wildman–Crippen MR) is 138 cm³/mol. The van der Waals surface area contributed by atoms with Crippen LogP contribution in [0.4, 0.5) is 15.8 Å². The number of aliphatic hydroxyl groups is 1. The molecule has 182 valence electrons. The van der Waals surface area contributed by atoms with Crippen LogP contribution in [0, 0.1) is 12.4 Å². The third kappa shape index (κ3) is 5.94. The number of rotatable bonds is 7. The molecule has 0 amide bonds. The van der Waals surface area contributed by atoms with Crippen LogP contribution in [0.1, 0.15) is 37.1 Å². The van der Waals surface area contributed by atoms with Gasteiger partial charge in [0.2, 0.25) is 0 Å². The number of benzene rings is 3. The van der Waals surface area contributed by atoms with Crippen molar-refractivity contribution in [2.75, 3.05) is 31.1 Å². The van der Waals surface area contributed by atoms with Crippen LogP contribution < -0.4 is 9.64 Å². The van der Waals surface area contributed by atoms with Crippen molar-refractivity contribution in [3.05, 3.63) is 100 Å². The first-order valence-corrected chi connectivity index (χ1v) is 12.1. The summed E-state index contributed by atoms with van der Waals surface area (Å²) in [5, 5.41) is 10.1. The van der Waals surface area contributed by atoms with Crippen LogP contribution in [0.2, 0.25) is 5.02 Å². The first-order valence-electron chi connectivity index (χ1n) is 11.7. The van der Waals surface area contributed by atoms with Gasteiger partial charge in [0.15, 0.2) is 5.69 Å². The number of hydrogen-bond acceptors (Lipinski definition) is 4. The Hall–Kier alpha value is -3.11. The van der Waals surface area contributed by atoms with Crippen LogP contribution in [-0.4, -0.2) is 42.4 Å². The first-order chi connectivity index (χ1) is 16.9. The molecule has 0 saturated carbocycles. The molecule has 1 aliphatic rings. The number of hydrogen-bond donors (Lipinski definition) is 1. The number of halogens is 2. The average molecular weight is 494 g/mol. The average Bonchev–Trinajstić information content (AvgIpc) is 2.87. The van der Waals surface area contributed by atoms with Crippen molar-refractivity contribution in [1.82, 2.24) is 4.90 Å². The van der Waals surface area contributed by atoms with Gasteiger partial charge in [-0.15, -0.1) is 0 Å². The Morgan fingerprint density at radius 3 is 2.43 bits per heavy atom. The summed E-state index contributed by atoms with van der Waals surface area (Å²) in [6.07, 6.45) is -0.566. The lowest BCUT2D eigenvalue weighted by molar-refractivity contribution is 0.122. The number of aliphatic hydroxyl groups excluding tert-OH is 1. The van der Waals surface area contributed by atoms with Gasteiger partial charge in [0.1, 0.15) is 18.2 Å². The fourth-order valence-corrected chi connectivity index (χ4v) is 4.76. The van der Waals surface area contributed by atoms with E-state index in [4.69, 9.17) is 22.9 Å². The molecule has 3 aromatic carbocycles. The third-order valence-electron chi connectivity index (χ3n) is 6.44. The van der Waals surface area contributed by atoms with E-state index < -0.39 is 6.10 Å². The zero-order valence-corrected chi connectivity index (χ0v) is 20.6. The Balaban J connectivity index is 1.60. The molecule has 3 aromatic rings. The Labute approximate surface area is 211 Å². The minimum absolute atomic E-state index is 0.0314. The van der Waals surface area contributed by atoms with Crippen LogP contribution in [0.5, 0.6) is 5.75 Å². The van der Waals surface area contributed by atoms with E-state index >= 15 is 0 Å². The highest BCUT2D eigenvalue weighted by Crippen LogP contribution is 2.39. The molecular weight excluding hydrogens is 465 g/mol. The molecule has 7 heteroatoms. The normalized spacial score (nSPS) is 18.1. The minimum Gasteiger partial charge on any atom is -0.491 e. The lowest BCUT2D eigenvalue weighted by atomic mass is 9.98. The van der Waals surface area contributed by atoms with Gasteiger partial charge >= 0.3 is 0 Å². The van der Waals surface area contributed by atoms with E-state index in [1.165, 1.54) is 12.1 Å². The smallest absolute Gasteiger partial charge is 0.187 e. The molecular formula is C28H29ClFN3O2. The highest BCUT2D eigenvalue weighted by molar-refractivity contribution is 6.33. The number of anilines is 1. The van der Waals surface area contributed by atoms with E-state index in [0.29, 0.717) is 16.5 Å². The molecule has 4 rings (SSSR count). The van der Waals surface area contributed by atoms with Gasteiger partial charge in [-0.2, -0.15) is 0 Å². The lowest BCUT2D eigenvalue weighted by Crippen LogP contribution is -2.49. The monoisotopic (exact) mass is 493 g/mol. The van der Waals surface area contributed by atoms with Gasteiger partial charge in [-0.05, 0) is 49.2 Å². The number of nitrogens with zero attached hydrogens (tertiary/aromatic N) is 3. The molecule has 5 nitrogen and oxygen atoms in total. The Morgan fingerprint density at radius 2 is 1.80 bits per heavy atom. The zero-order valence-electron chi connectivity index (χ0n) is 19.9. The van der Waals surface area contributed by atoms with E-state index in [1.54, 1.807) is 13.0 Å². The summed E-state index contributed by atoms with van der Waals surface area (Å²) in [7, 11) is 0. The van der Waals surface area contributed by atoms with Gasteiger partial charge in [-0.3, -0.25) is 4.90 Å². The second-order valence-corrected chi connectivity index (χ2v) is 9.32. The maximum Gasteiger partial charge on any atom is 0.187 e. The predicted octanol–water partition coefficient (Wildman–Crippen LogP) is 6.41. The molecule has 0 aromatic heterocycles. The highest BCUT2D eigenvalue weighted by Gasteiger charge is 2.32. The standard InChI is InChI=1S/C28H29ClFN3O2/c1-19(34)18-35-25-12-13-27(26(29)16-25)33-15-14-32(17-28(33)22-4-8-23(30)9-5-22)20(2)21-6-10-24(31-3)11-7-21/h4-13,16,19-20,28,34H,14-15,17-18H2,1-2H3/t19-,20-,28+/m1/s1. The molecule has 0 aliphatic carbocycles. The van der Waals surface area contributed by atoms with E-state index in [-0.39, 0.29) is 24.5 Å². The third-order valence-corrected chi connectivity index (χ3v) is 6.74. The van der Waals surface area contributed by atoms with Crippen LogP contribution in [-0.2, 0) is 0 Å². The quantitative estimate of drug-likeness (QED) is 0.386. The highest BCUT2D eigenvalue weighted by atomic mass is 35.5. The van der Waals surface area contributed by atoms with Crippen molar-refractivity contribution in [2.24, 2.45) is 0 Å². The molecule has 1 heterocycles. The molecule has 0 radical (unpaired) electrons. The van der Waals surface area contributed by atoms with Crippen molar-refractivity contribution in [1.29, 1.82) is 0 Å². The van der Waals surface area contributed by atoms with Crippen LogP contribution >= 0.6 is 11.6 Å². The summed E-state index contributed by atoms with van der Waals surface area (Å²) in [4.78, 5) is 8.16. The molecule has 0 spiro atoms. The summed E-state index contributed by atoms with van der Waals surface area (Å²) in [6.45, 7) is 13.5. The molecule has 1 aliphatic heterocycles. The van der Waals surface area contributed by atoms with Crippen molar-refractivity contribution < 1.29 is 14.2 Å². The summed E-state index contributed by atoms with van der Waals surface area (Å²) in [5.74, 6) is 0.340. The largest absolute Gasteiger partial charge is 0.491 e. The molecule has 1 fully saturated rings. The van der Waals surface area contributed by atoms with Gasteiger partial charge in [-0.1, -0.05) is 48.0 Å². The Bertz CT molecular complexity index is 1180. The minimum atomic E-state index is -0.566. The maximum atomic E-state index is 13.7. The second-order valence-electron chi connectivity index (χ2n) is 8.91. The maximum absolute atomic E-state index is 13.7. The molecule has 3 atom stereocenters. The van der Waals surface area contributed by atoms with Gasteiger partial charge in [0, 0.05) is 31.7 Å². The zero-order chi connectivity index (χ0) is 24.9. The van der Waals surface area contributed by atoms with Crippen LogP contribution in [0.15, 0.2) is 66.7 Å². The summed E-state index contributed by atoms with van der Waals surface area (Å²) in [6, 6.07) is 20.1. The lowest BCUT2D eigenvalue weighted by Gasteiger charge is -2.45. The molecule has 0 bridgehead atoms. The van der Waals surface area contributed by atoms with E-state index in [2.05, 4.69) is 21.6 Å². The van der Waals surface area contributed by atoms with Crippen LogP contribution in [0.3, 0.4) is 0 Å². The van der Waals surface area contributed by atoms with Crippen molar-refractivity contribution in [3.8, 4) is 5.75 Å². The van der Waals surface area contributed by atoms with Gasteiger partial charge in [0.05, 0.1) is 29.4 Å². The Kier molecular flexibility index (Phi) is 7.92. The van der Waals surface area contributed by atoms with Crippen molar-refractivity contribution in [2.45, 2.75) is 32.0 Å². The summed E-state index contributed by atoms with van der Waals surface area (Å²) in [5.41, 5.74) is 3.68. The van der Waals surface area contributed by atoms with Crippen molar-refractivity contribution >= 4 is 23.0 Å². The van der Waals surface area contributed by atoms with Crippen molar-refractivity contribution in [3.63, 3.8) is 0 Å². The number of ether oxygens (including phenoxy) is 1. The fourth-order valence-electron chi connectivity index (χ4n) is 4.48. The van der Waals surface area contributed by atoms with E-state index in [1.807, 2.05) is 48.5 Å². The number of piperazine rings is 1. The molecule has 35 heavy (non-hydrogen) atoms. The molecule has 1 saturated heterocycles. The van der Waals surface area contributed by atoms with E-state index in [9.17, 15) is 9.50 Å². The fraction of sp³-hybridized carbons (Fsp3) is 0.321. The molecule has 1 N–H and O–H groups in total. The van der Waals surface area contributed by atoms with Crippen LogP contribution in [0.25, 0.3) is 4.85 Å². The summed E-state index contributed by atoms with van der Waals surface area (Å²) < 4.78 is 19.3. The van der Waals surface area contributed by atoms with Gasteiger partial charge < -0.3 is 14.7 Å². The first kappa shape index (κ1) is 25.0. The molecule has 0 unspecified atom stereocenters. The second kappa shape index (κ2) is 11.1. The van der Waals surface area contributed by atoms with E-state index in [0.717, 1.165) is 36.4 Å². The van der Waals surface area contributed by atoms with Gasteiger partial charge in [-0.25, -0.2) is 9.24 Å². The van der Waals surface area contributed by atoms with Gasteiger partial charge in [0.25, 0.3) is 0 Å². The summed E-state index contributed by atoms with van der Waals surface area (Å²) >= 11 is 6.70. The topological polar surface area (TPSA) is 40.3 Å². The SMILES string of the molecule is [C-]#[N+]c1ccc([C@@H](C)N2CCN(c3ccc(OC[C@@H](C)O)cc3Cl)[C@H](c3ccc(F)cc3)C2)cc1.